The molecule has 0 atom stereocenters. The van der Waals surface area contributed by atoms with Crippen LogP contribution in [0.3, 0.4) is 0 Å². The Balaban J connectivity index is 0.000000153. The second-order valence-electron chi connectivity index (χ2n) is 14.9. The van der Waals surface area contributed by atoms with Crippen LogP contribution in [0.4, 0.5) is 5.69 Å². The smallest absolute Gasteiger partial charge is 0.434 e. The lowest BCUT2D eigenvalue weighted by Crippen LogP contribution is -2.81. The van der Waals surface area contributed by atoms with Gasteiger partial charge in [0.25, 0.3) is 0 Å². The zero-order valence-electron chi connectivity index (χ0n) is 36.4. The van der Waals surface area contributed by atoms with Crippen LogP contribution in [0, 0.1) is 0 Å². The third kappa shape index (κ3) is 10.7. The van der Waals surface area contributed by atoms with Gasteiger partial charge in [-0.3, -0.25) is 0 Å². The van der Waals surface area contributed by atoms with E-state index in [0.29, 0.717) is 23.1 Å². The van der Waals surface area contributed by atoms with E-state index in [-0.39, 0.29) is 5.92 Å². The van der Waals surface area contributed by atoms with Gasteiger partial charge in [0.1, 0.15) is 17.2 Å². The summed E-state index contributed by atoms with van der Waals surface area (Å²) in [7, 11) is -4.06. The third-order valence-electron chi connectivity index (χ3n) is 10.4. The molecule has 5 N–H and O–H groups in total. The van der Waals surface area contributed by atoms with Crippen LogP contribution in [0.15, 0.2) is 164 Å². The molecule has 0 radical (unpaired) electrons. The van der Waals surface area contributed by atoms with E-state index >= 15 is 0 Å². The predicted molar refractivity (Wildman–Crippen MR) is 261 cm³/mol. The van der Waals surface area contributed by atoms with Gasteiger partial charge >= 0.3 is 10.3 Å². The number of hydrogen-bond donors (Lipinski definition) is 4. The fraction of sp³-hybridized carbons (Fsp3) is 0.185. The molecule has 0 aromatic heterocycles. The number of nitrogens with two attached hydrogens (primary N) is 1. The van der Waals surface area contributed by atoms with E-state index in [1.54, 1.807) is 24.3 Å². The van der Waals surface area contributed by atoms with Crippen LogP contribution in [-0.4, -0.2) is 23.2 Å². The molecule has 0 unspecified atom stereocenters. The third-order valence-corrected chi connectivity index (χ3v) is 10.9. The zero-order valence-corrected chi connectivity index (χ0v) is 37.2. The van der Waals surface area contributed by atoms with Crippen LogP contribution in [0.1, 0.15) is 78.4 Å². The van der Waals surface area contributed by atoms with Crippen molar-refractivity contribution in [3.05, 3.63) is 175 Å². The molecular formula is C54H58NO5S+. The van der Waals surface area contributed by atoms with Crippen molar-refractivity contribution >= 4 is 80.6 Å². The van der Waals surface area contributed by atoms with Gasteiger partial charge in [-0.2, -0.15) is 4.72 Å². The van der Waals surface area contributed by atoms with Gasteiger partial charge in [-0.25, -0.2) is 4.55 Å². The topological polar surface area (TPSA) is 111 Å². The lowest BCUT2D eigenvalue weighted by atomic mass is 9.94. The fourth-order valence-corrected chi connectivity index (χ4v) is 8.12. The number of hydrogen-bond acceptors (Lipinski definition) is 4. The summed E-state index contributed by atoms with van der Waals surface area (Å²) in [5, 5.41) is 33.9. The first-order chi connectivity index (χ1) is 29.4. The normalized spacial score (nSPS) is 11.0. The molecule has 10 rings (SSSR count). The number of phenolic OH excluding ortho intramolecular Hbond substituents is 2. The Hall–Kier alpha value is -6.25. The molecule has 0 aliphatic rings. The van der Waals surface area contributed by atoms with Gasteiger partial charge in [-0.15, -0.1) is 8.42 Å². The van der Waals surface area contributed by atoms with E-state index < -0.39 is 10.3 Å². The molecule has 7 heteroatoms. The maximum atomic E-state index is 10.7. The maximum Gasteiger partial charge on any atom is 0.434 e. The van der Waals surface area contributed by atoms with Crippen molar-refractivity contribution in [2.75, 3.05) is 0 Å². The summed E-state index contributed by atoms with van der Waals surface area (Å²) in [5.41, 5.74) is 2.87. The van der Waals surface area contributed by atoms with E-state index in [1.165, 1.54) is 59.4 Å². The highest BCUT2D eigenvalue weighted by Gasteiger charge is 2.16. The molecule has 314 valence electrons. The Kier molecular flexibility index (Phi) is 15.6. The van der Waals surface area contributed by atoms with Gasteiger partial charge in [0.05, 0.1) is 0 Å². The largest absolute Gasteiger partial charge is 0.507 e. The second kappa shape index (κ2) is 20.8. The fourth-order valence-electron chi connectivity index (χ4n) is 7.58. The highest BCUT2D eigenvalue weighted by atomic mass is 32.2. The molecule has 6 nitrogen and oxygen atoms in total. The molecule has 0 spiro atoms. The summed E-state index contributed by atoms with van der Waals surface area (Å²) in [5.74, 6) is 1.60. The number of rotatable bonds is 4. The molecule has 0 saturated heterocycles. The first-order valence-electron chi connectivity index (χ1n) is 21.1. The molecule has 0 heterocycles. The Bertz CT molecular complexity index is 2870. The van der Waals surface area contributed by atoms with Crippen LogP contribution in [0.25, 0.3) is 64.6 Å². The highest BCUT2D eigenvalue weighted by molar-refractivity contribution is 7.79. The minimum atomic E-state index is -4.06. The Morgan fingerprint density at radius 2 is 0.770 bits per heavy atom. The molecule has 0 bridgehead atoms. The van der Waals surface area contributed by atoms with Crippen molar-refractivity contribution in [2.24, 2.45) is 0 Å². The number of benzene rings is 10. The predicted octanol–water partition coefficient (Wildman–Crippen LogP) is 14.2. The zero-order chi connectivity index (χ0) is 44.3. The Morgan fingerprint density at radius 3 is 1.15 bits per heavy atom. The standard InChI is InChI=1S/2C16H10O.C9H13NO3S.C9H12.2C2H6/c2*17-14-9-7-12-5-4-10-2-1-3-11-6-8-13(14)16(12)15(10)11;1-7(2)8-5-3-4-6-9(8)10-14(11,12)13;1-8(2)9-6-4-3-5-7-9;2*1-2/h2*1-9,17H;3-7,10H,1-2H3,(H,11,12,13);3-8H,1-2H3;2*1-2H3/p+1. The van der Waals surface area contributed by atoms with E-state index in [9.17, 15) is 18.6 Å². The van der Waals surface area contributed by atoms with Gasteiger partial charge < -0.3 is 10.2 Å². The maximum absolute atomic E-state index is 10.7. The van der Waals surface area contributed by atoms with E-state index in [0.717, 1.165) is 21.1 Å². The van der Waals surface area contributed by atoms with Crippen LogP contribution >= 0.6 is 0 Å². The minimum Gasteiger partial charge on any atom is -0.507 e. The first-order valence-corrected chi connectivity index (χ1v) is 22.6. The quantitative estimate of drug-likeness (QED) is 0.0802. The molecular weight excluding hydrogens is 775 g/mol. The van der Waals surface area contributed by atoms with Crippen molar-refractivity contribution in [3.63, 3.8) is 0 Å². The minimum absolute atomic E-state index is 0.226. The van der Waals surface area contributed by atoms with Crippen LogP contribution in [0.2, 0.25) is 0 Å². The van der Waals surface area contributed by atoms with Gasteiger partial charge in [0.2, 0.25) is 0 Å². The van der Waals surface area contributed by atoms with Crippen molar-refractivity contribution < 1.29 is 27.9 Å². The molecule has 0 aliphatic heterocycles. The van der Waals surface area contributed by atoms with Gasteiger partial charge in [-0.05, 0) is 72.6 Å². The molecule has 0 amide bonds. The van der Waals surface area contributed by atoms with Crippen LogP contribution < -0.4 is 4.72 Å². The summed E-state index contributed by atoms with van der Waals surface area (Å²) in [6, 6.07) is 54.4. The van der Waals surface area contributed by atoms with E-state index in [2.05, 4.69) is 111 Å². The van der Waals surface area contributed by atoms with E-state index in [1.807, 2.05) is 84.0 Å². The van der Waals surface area contributed by atoms with Crippen LogP contribution in [0.5, 0.6) is 11.5 Å². The summed E-state index contributed by atoms with van der Waals surface area (Å²) in [6.45, 7) is 16.3. The Morgan fingerprint density at radius 1 is 0.410 bits per heavy atom. The Labute approximate surface area is 360 Å². The summed E-state index contributed by atoms with van der Waals surface area (Å²) in [6.07, 6.45) is 0. The average Bonchev–Trinajstić information content (AvgIpc) is 3.28. The van der Waals surface area contributed by atoms with Gasteiger partial charge in [-0.1, -0.05) is 201 Å². The molecule has 10 aromatic rings. The number of quaternary nitrogens is 1. The highest BCUT2D eigenvalue weighted by Crippen LogP contribution is 2.39. The summed E-state index contributed by atoms with van der Waals surface area (Å²) >= 11 is 0. The molecule has 0 fully saturated rings. The second-order valence-corrected chi connectivity index (χ2v) is 16.1. The van der Waals surface area contributed by atoms with Crippen molar-refractivity contribution in [2.45, 2.75) is 67.2 Å². The lowest BCUT2D eigenvalue weighted by molar-refractivity contribution is -0.407. The monoisotopic (exact) mass is 832 g/mol. The van der Waals surface area contributed by atoms with Crippen molar-refractivity contribution in [3.8, 4) is 11.5 Å². The van der Waals surface area contributed by atoms with Gasteiger partial charge in [0, 0.05) is 33.2 Å². The molecule has 61 heavy (non-hydrogen) atoms. The van der Waals surface area contributed by atoms with Crippen LogP contribution in [-0.2, 0) is 10.3 Å². The molecule has 10 aromatic carbocycles. The van der Waals surface area contributed by atoms with Crippen molar-refractivity contribution in [1.82, 2.24) is 0 Å². The molecule has 0 saturated carbocycles. The van der Waals surface area contributed by atoms with Crippen molar-refractivity contribution in [1.29, 1.82) is 0 Å². The number of aromatic hydroxyl groups is 2. The SMILES string of the molecule is CC.CC.CC(C)c1ccccc1.CC(C)c1ccccc1[NH2+]S(=O)(=O)O.Oc1ccc2ccc3cccc4ccc1c2c34.Oc1ccc2ccc3cccc4ccc1c2c34. The van der Waals surface area contributed by atoms with E-state index in [4.69, 9.17) is 4.55 Å². The average molecular weight is 833 g/mol. The first kappa shape index (κ1) is 45.8. The van der Waals surface area contributed by atoms with Gasteiger partial charge in [0.15, 0.2) is 0 Å². The lowest BCUT2D eigenvalue weighted by Gasteiger charge is -2.11. The summed E-state index contributed by atoms with van der Waals surface area (Å²) < 4.78 is 30.9. The number of phenols is 2. The molecule has 0 aliphatic carbocycles. The summed E-state index contributed by atoms with van der Waals surface area (Å²) in [4.78, 5) is 0.